The predicted molar refractivity (Wildman–Crippen MR) is 45.0 cm³/mol. The van der Waals surface area contributed by atoms with Crippen molar-refractivity contribution in [2.75, 3.05) is 0 Å². The minimum Gasteiger partial charge on any atom is -0.663 e. The number of aromatic nitrogens is 1. The van der Waals surface area contributed by atoms with Crippen LogP contribution in [0.1, 0.15) is 0 Å². The fourth-order valence-corrected chi connectivity index (χ4v) is 1.48. The van der Waals surface area contributed by atoms with Crippen molar-refractivity contribution in [1.82, 2.24) is 4.98 Å². The number of hydrogen-bond donors (Lipinski definition) is 0. The van der Waals surface area contributed by atoms with Crippen molar-refractivity contribution < 1.29 is 51.4 Å². The van der Waals surface area contributed by atoms with Crippen molar-refractivity contribution in [3.63, 3.8) is 0 Å². The Hall–Kier alpha value is 0.876. The average molecular weight is 234 g/mol. The predicted octanol–water partition coefficient (Wildman–Crippen LogP) is -0.437. The number of halogens is 1. The van der Waals surface area contributed by atoms with E-state index < -0.39 is 0 Å². The third kappa shape index (κ3) is 1.97. The van der Waals surface area contributed by atoms with E-state index >= 15 is 0 Å². The number of fused-ring (bicyclic) bond motifs is 1. The summed E-state index contributed by atoms with van der Waals surface area (Å²) >= 11 is 3.41. The first-order chi connectivity index (χ1) is 4.88. The van der Waals surface area contributed by atoms with Crippen LogP contribution in [0.15, 0.2) is 34.9 Å². The van der Waals surface area contributed by atoms with E-state index in [-0.39, 0.29) is 51.4 Å². The molecule has 50 valence electrons. The fraction of sp³-hybridized carbons (Fsp3) is 0. The van der Waals surface area contributed by atoms with Gasteiger partial charge in [0.15, 0.2) is 0 Å². The third-order valence-corrected chi connectivity index (χ3v) is 2.12. The van der Waals surface area contributed by atoms with Crippen LogP contribution in [0.2, 0.25) is 0 Å². The van der Waals surface area contributed by atoms with Crippen LogP contribution in [-0.4, -0.2) is 0 Å². The molecule has 2 rings (SSSR count). The van der Waals surface area contributed by atoms with Gasteiger partial charge in [-0.3, -0.25) is 0 Å². The average Bonchev–Trinajstić information content (AvgIpc) is 2.36. The monoisotopic (exact) mass is 233 g/mol. The zero-order valence-electron chi connectivity index (χ0n) is 6.21. The molecule has 0 amide bonds. The zero-order valence-corrected chi connectivity index (χ0v) is 10.9. The van der Waals surface area contributed by atoms with E-state index in [0.29, 0.717) is 0 Å². The first kappa shape index (κ1) is 9.96. The SMILES string of the molecule is Brc1cccc2cc[n-]c12.[K+]. The molecule has 11 heavy (non-hydrogen) atoms. The van der Waals surface area contributed by atoms with Gasteiger partial charge in [-0.25, -0.2) is 0 Å². The summed E-state index contributed by atoms with van der Waals surface area (Å²) in [4.78, 5) is 4.17. The van der Waals surface area contributed by atoms with Crippen molar-refractivity contribution >= 4 is 26.8 Å². The molecule has 0 N–H and O–H groups in total. The second kappa shape index (κ2) is 4.21. The van der Waals surface area contributed by atoms with E-state index in [1.54, 1.807) is 0 Å². The molecular weight excluding hydrogens is 229 g/mol. The van der Waals surface area contributed by atoms with Gasteiger partial charge in [-0.2, -0.15) is 6.20 Å². The summed E-state index contributed by atoms with van der Waals surface area (Å²) in [6, 6.07) is 8.05. The Labute approximate surface area is 116 Å². The zero-order chi connectivity index (χ0) is 6.97. The molecule has 0 bridgehead atoms. The minimum atomic E-state index is 0. The van der Waals surface area contributed by atoms with Crippen LogP contribution >= 0.6 is 15.9 Å². The Morgan fingerprint density at radius 2 is 2.00 bits per heavy atom. The molecule has 0 atom stereocenters. The Kier molecular flexibility index (Phi) is 3.81. The number of para-hydroxylation sites is 1. The molecule has 0 aliphatic heterocycles. The van der Waals surface area contributed by atoms with E-state index in [9.17, 15) is 0 Å². The van der Waals surface area contributed by atoms with Gasteiger partial charge in [-0.15, -0.1) is 5.52 Å². The molecule has 0 saturated heterocycles. The molecule has 3 heteroatoms. The number of nitrogens with zero attached hydrogens (tertiary/aromatic N) is 1. The van der Waals surface area contributed by atoms with Crippen LogP contribution in [0, 0.1) is 0 Å². The number of benzene rings is 1. The number of hydrogen-bond acceptors (Lipinski definition) is 0. The van der Waals surface area contributed by atoms with Crippen LogP contribution in [0.5, 0.6) is 0 Å². The minimum absolute atomic E-state index is 0. The van der Waals surface area contributed by atoms with Crippen LogP contribution < -0.4 is 56.4 Å². The molecule has 0 radical (unpaired) electrons. The molecule has 0 fully saturated rings. The van der Waals surface area contributed by atoms with Gasteiger partial charge in [0.1, 0.15) is 0 Å². The molecule has 2 aromatic rings. The summed E-state index contributed by atoms with van der Waals surface area (Å²) in [5.41, 5.74) is 1.04. The Morgan fingerprint density at radius 3 is 2.73 bits per heavy atom. The van der Waals surface area contributed by atoms with Gasteiger partial charge >= 0.3 is 51.4 Å². The third-order valence-electron chi connectivity index (χ3n) is 1.48. The van der Waals surface area contributed by atoms with Gasteiger partial charge in [0.2, 0.25) is 0 Å². The summed E-state index contributed by atoms with van der Waals surface area (Å²) in [5.74, 6) is 0. The summed E-state index contributed by atoms with van der Waals surface area (Å²) in [7, 11) is 0. The molecule has 1 nitrogen and oxygen atoms in total. The van der Waals surface area contributed by atoms with Crippen molar-refractivity contribution in [3.05, 3.63) is 34.9 Å². The Balaban J connectivity index is 0.000000605. The summed E-state index contributed by atoms with van der Waals surface area (Å²) < 4.78 is 1.06. The smallest absolute Gasteiger partial charge is 0.663 e. The van der Waals surface area contributed by atoms with Gasteiger partial charge in [-0.05, 0) is 11.5 Å². The topological polar surface area (TPSA) is 14.1 Å². The number of rotatable bonds is 0. The second-order valence-electron chi connectivity index (χ2n) is 2.12. The van der Waals surface area contributed by atoms with Crippen LogP contribution in [0.4, 0.5) is 0 Å². The molecule has 0 spiro atoms. The standard InChI is InChI=1S/C8H5BrN.K/c9-7-3-1-2-6-4-5-10-8(6)7;/h1-5H;/q-1;+1. The Bertz CT molecular complexity index is 356. The summed E-state index contributed by atoms with van der Waals surface area (Å²) in [6.07, 6.45) is 1.81. The second-order valence-corrected chi connectivity index (χ2v) is 2.98. The van der Waals surface area contributed by atoms with Gasteiger partial charge in [-0.1, -0.05) is 34.1 Å². The van der Waals surface area contributed by atoms with Gasteiger partial charge in [0, 0.05) is 4.47 Å². The molecular formula is C8H5BrKN. The van der Waals surface area contributed by atoms with Crippen LogP contribution in [-0.2, 0) is 0 Å². The van der Waals surface area contributed by atoms with E-state index in [0.717, 1.165) is 9.99 Å². The molecule has 1 aromatic carbocycles. The molecule has 0 unspecified atom stereocenters. The van der Waals surface area contributed by atoms with Crippen molar-refractivity contribution in [1.29, 1.82) is 0 Å². The first-order valence-corrected chi connectivity index (χ1v) is 3.83. The van der Waals surface area contributed by atoms with Crippen LogP contribution in [0.25, 0.3) is 10.9 Å². The maximum atomic E-state index is 4.17. The molecule has 0 aliphatic rings. The molecule has 1 heterocycles. The molecule has 0 saturated carbocycles. The van der Waals surface area contributed by atoms with Crippen molar-refractivity contribution in [3.8, 4) is 0 Å². The maximum absolute atomic E-state index is 4.17. The van der Waals surface area contributed by atoms with E-state index in [1.807, 2.05) is 30.5 Å². The van der Waals surface area contributed by atoms with E-state index in [1.165, 1.54) is 5.39 Å². The Morgan fingerprint density at radius 1 is 1.18 bits per heavy atom. The normalized spacial score (nSPS) is 9.55. The van der Waals surface area contributed by atoms with Gasteiger partial charge < -0.3 is 4.98 Å². The van der Waals surface area contributed by atoms with Gasteiger partial charge in [0.25, 0.3) is 0 Å². The molecule has 0 aliphatic carbocycles. The summed E-state index contributed by atoms with van der Waals surface area (Å²) in [6.45, 7) is 0. The van der Waals surface area contributed by atoms with E-state index in [2.05, 4.69) is 20.9 Å². The van der Waals surface area contributed by atoms with Crippen molar-refractivity contribution in [2.45, 2.75) is 0 Å². The first-order valence-electron chi connectivity index (χ1n) is 3.04. The van der Waals surface area contributed by atoms with Gasteiger partial charge in [0.05, 0.1) is 0 Å². The quantitative estimate of drug-likeness (QED) is 0.564. The van der Waals surface area contributed by atoms with E-state index in [4.69, 9.17) is 0 Å². The van der Waals surface area contributed by atoms with Crippen LogP contribution in [0.3, 0.4) is 0 Å². The summed E-state index contributed by atoms with van der Waals surface area (Å²) in [5, 5.41) is 1.19. The largest absolute Gasteiger partial charge is 1.00 e. The fourth-order valence-electron chi connectivity index (χ4n) is 0.995. The molecule has 1 aromatic heterocycles. The maximum Gasteiger partial charge on any atom is 1.00 e. The van der Waals surface area contributed by atoms with Crippen molar-refractivity contribution in [2.24, 2.45) is 0 Å².